The molecule has 0 aliphatic carbocycles. The Morgan fingerprint density at radius 1 is 1.00 bits per heavy atom. The number of aromatic nitrogens is 4. The molecule has 0 radical (unpaired) electrons. The number of hydrogen-bond donors (Lipinski definition) is 0. The molecule has 3 rings (SSSR count). The number of fused-ring (bicyclic) bond motifs is 2. The van der Waals surface area contributed by atoms with E-state index in [1.165, 1.54) is 31.5 Å². The molecular weight excluding hydrogens is 272 g/mol. The molecule has 0 fully saturated rings. The monoisotopic (exact) mass is 297 g/mol. The minimum atomic E-state index is 0.980. The molecular formula is C18H25N4+. The number of unbranched alkanes of at least 4 members (excludes halogenated alkanes) is 2. The van der Waals surface area contributed by atoms with Gasteiger partial charge in [0, 0.05) is 6.92 Å². The van der Waals surface area contributed by atoms with E-state index in [9.17, 15) is 0 Å². The van der Waals surface area contributed by atoms with Crippen LogP contribution in [-0.4, -0.2) is 14.5 Å². The zero-order valence-electron chi connectivity index (χ0n) is 13.8. The largest absolute Gasteiger partial charge is 0.322 e. The molecule has 4 nitrogen and oxygen atoms in total. The van der Waals surface area contributed by atoms with Crippen LogP contribution in [0.3, 0.4) is 0 Å². The van der Waals surface area contributed by atoms with Gasteiger partial charge in [0.15, 0.2) is 5.52 Å². The number of nitrogens with zero attached hydrogens (tertiary/aromatic N) is 4. The van der Waals surface area contributed by atoms with Gasteiger partial charge in [-0.05, 0) is 25.0 Å². The maximum Gasteiger partial charge on any atom is 0.322 e. The zero-order chi connectivity index (χ0) is 15.5. The average molecular weight is 297 g/mol. The van der Waals surface area contributed by atoms with E-state index in [1.54, 1.807) is 0 Å². The summed E-state index contributed by atoms with van der Waals surface area (Å²) in [5, 5.41) is 0. The minimum absolute atomic E-state index is 0.980. The van der Waals surface area contributed by atoms with E-state index in [0.29, 0.717) is 0 Å². The SMILES string of the molecule is CCCCn1c(C)[n+](CCCC)c2nc3ccccc3nc21. The normalized spacial score (nSPS) is 11.6. The van der Waals surface area contributed by atoms with Gasteiger partial charge in [-0.2, -0.15) is 0 Å². The first-order valence-electron chi connectivity index (χ1n) is 8.41. The first-order chi connectivity index (χ1) is 10.8. The molecule has 116 valence electrons. The fourth-order valence-electron chi connectivity index (χ4n) is 2.96. The lowest BCUT2D eigenvalue weighted by molar-refractivity contribution is -0.680. The Kier molecular flexibility index (Phi) is 4.36. The van der Waals surface area contributed by atoms with Gasteiger partial charge >= 0.3 is 5.65 Å². The summed E-state index contributed by atoms with van der Waals surface area (Å²) in [7, 11) is 0. The van der Waals surface area contributed by atoms with Gasteiger partial charge in [0.25, 0.3) is 5.65 Å². The topological polar surface area (TPSA) is 34.6 Å². The number of rotatable bonds is 6. The number of para-hydroxylation sites is 2. The predicted molar refractivity (Wildman–Crippen MR) is 89.8 cm³/mol. The standard InChI is InChI=1S/C18H25N4/c1-4-6-12-21-14(3)22(13-7-5-2)18-17(21)19-15-10-8-9-11-16(15)20-18/h8-11H,4-7,12-13H2,1-3H3/q+1. The molecule has 2 heterocycles. The van der Waals surface area contributed by atoms with Crippen LogP contribution in [0.1, 0.15) is 45.4 Å². The van der Waals surface area contributed by atoms with Gasteiger partial charge in [-0.25, -0.2) is 14.1 Å². The summed E-state index contributed by atoms with van der Waals surface area (Å²) < 4.78 is 4.68. The van der Waals surface area contributed by atoms with E-state index in [-0.39, 0.29) is 0 Å². The van der Waals surface area contributed by atoms with Crippen LogP contribution in [-0.2, 0) is 13.1 Å². The first-order valence-corrected chi connectivity index (χ1v) is 8.41. The van der Waals surface area contributed by atoms with Crippen molar-refractivity contribution in [1.29, 1.82) is 0 Å². The van der Waals surface area contributed by atoms with Gasteiger partial charge in [0.2, 0.25) is 5.82 Å². The highest BCUT2D eigenvalue weighted by atomic mass is 15.2. The second kappa shape index (κ2) is 6.42. The van der Waals surface area contributed by atoms with E-state index in [4.69, 9.17) is 9.97 Å². The molecule has 0 amide bonds. The summed E-state index contributed by atoms with van der Waals surface area (Å²) in [5.41, 5.74) is 4.02. The van der Waals surface area contributed by atoms with Gasteiger partial charge in [-0.1, -0.05) is 43.8 Å². The Bertz CT molecular complexity index is 724. The van der Waals surface area contributed by atoms with Gasteiger partial charge in [-0.15, -0.1) is 0 Å². The Hall–Kier alpha value is -1.97. The van der Waals surface area contributed by atoms with E-state index >= 15 is 0 Å². The van der Waals surface area contributed by atoms with E-state index < -0.39 is 0 Å². The fourth-order valence-corrected chi connectivity index (χ4v) is 2.96. The summed E-state index contributed by atoms with van der Waals surface area (Å²) in [6.45, 7) is 8.69. The number of aryl methyl sites for hydroxylation is 2. The zero-order valence-corrected chi connectivity index (χ0v) is 13.8. The lowest BCUT2D eigenvalue weighted by Crippen LogP contribution is -2.37. The summed E-state index contributed by atoms with van der Waals surface area (Å²) in [6, 6.07) is 8.15. The van der Waals surface area contributed by atoms with Gasteiger partial charge in [0.05, 0.1) is 13.1 Å². The van der Waals surface area contributed by atoms with Crippen molar-refractivity contribution in [3.8, 4) is 0 Å². The molecule has 0 saturated carbocycles. The third-order valence-electron chi connectivity index (χ3n) is 4.30. The first kappa shape index (κ1) is 14.9. The van der Waals surface area contributed by atoms with Crippen LogP contribution in [0.2, 0.25) is 0 Å². The van der Waals surface area contributed by atoms with E-state index in [1.807, 2.05) is 24.3 Å². The predicted octanol–water partition coefficient (Wildman–Crippen LogP) is 3.78. The molecule has 3 aromatic rings. The third kappa shape index (κ3) is 2.58. The minimum Gasteiger partial charge on any atom is -0.242 e. The van der Waals surface area contributed by atoms with E-state index in [0.717, 1.165) is 35.4 Å². The molecule has 0 saturated heterocycles. The van der Waals surface area contributed by atoms with Crippen molar-refractivity contribution < 1.29 is 4.57 Å². The van der Waals surface area contributed by atoms with Crippen LogP contribution in [0, 0.1) is 6.92 Å². The van der Waals surface area contributed by atoms with Crippen LogP contribution in [0.4, 0.5) is 0 Å². The van der Waals surface area contributed by atoms with Crippen molar-refractivity contribution in [3.63, 3.8) is 0 Å². The van der Waals surface area contributed by atoms with Crippen molar-refractivity contribution in [2.45, 2.75) is 59.5 Å². The van der Waals surface area contributed by atoms with Crippen LogP contribution in [0.5, 0.6) is 0 Å². The maximum atomic E-state index is 4.90. The van der Waals surface area contributed by atoms with Gasteiger partial charge in [-0.3, -0.25) is 0 Å². The molecule has 2 aromatic heterocycles. The molecule has 0 aliphatic rings. The summed E-state index contributed by atoms with van der Waals surface area (Å²) in [6.07, 6.45) is 4.73. The van der Waals surface area contributed by atoms with Crippen molar-refractivity contribution >= 4 is 22.3 Å². The summed E-state index contributed by atoms with van der Waals surface area (Å²) in [5.74, 6) is 1.27. The Labute approximate surface area is 131 Å². The molecule has 0 atom stereocenters. The van der Waals surface area contributed by atoms with Crippen molar-refractivity contribution in [2.24, 2.45) is 0 Å². The molecule has 0 spiro atoms. The average Bonchev–Trinajstić information content (AvgIpc) is 2.79. The Balaban J connectivity index is 2.22. The van der Waals surface area contributed by atoms with Crippen molar-refractivity contribution in [2.75, 3.05) is 0 Å². The lowest BCUT2D eigenvalue weighted by Gasteiger charge is -2.01. The number of imidazole rings is 1. The second-order valence-electron chi connectivity index (χ2n) is 5.92. The highest BCUT2D eigenvalue weighted by Gasteiger charge is 2.23. The molecule has 0 aliphatic heterocycles. The van der Waals surface area contributed by atoms with Crippen LogP contribution >= 0.6 is 0 Å². The van der Waals surface area contributed by atoms with Gasteiger partial charge in [0.1, 0.15) is 5.52 Å². The Morgan fingerprint density at radius 3 is 2.36 bits per heavy atom. The van der Waals surface area contributed by atoms with Crippen LogP contribution < -0.4 is 4.57 Å². The smallest absolute Gasteiger partial charge is 0.242 e. The molecule has 0 unspecified atom stereocenters. The van der Waals surface area contributed by atoms with E-state index in [2.05, 4.69) is 29.9 Å². The van der Waals surface area contributed by atoms with Gasteiger partial charge < -0.3 is 0 Å². The Morgan fingerprint density at radius 2 is 1.68 bits per heavy atom. The number of hydrogen-bond acceptors (Lipinski definition) is 2. The molecule has 4 heteroatoms. The third-order valence-corrected chi connectivity index (χ3v) is 4.30. The lowest BCUT2D eigenvalue weighted by atomic mass is 10.3. The summed E-state index contributed by atoms with van der Waals surface area (Å²) in [4.78, 5) is 9.80. The maximum absolute atomic E-state index is 4.90. The fraction of sp³-hybridized carbons (Fsp3) is 0.500. The molecule has 1 aromatic carbocycles. The molecule has 0 bridgehead atoms. The van der Waals surface area contributed by atoms with Crippen LogP contribution in [0.25, 0.3) is 22.3 Å². The summed E-state index contributed by atoms with van der Waals surface area (Å²) >= 11 is 0. The van der Waals surface area contributed by atoms with Crippen molar-refractivity contribution in [1.82, 2.24) is 14.5 Å². The highest BCUT2D eigenvalue weighted by molar-refractivity contribution is 5.81. The quantitative estimate of drug-likeness (QED) is 0.649. The number of benzene rings is 1. The highest BCUT2D eigenvalue weighted by Crippen LogP contribution is 2.17. The molecule has 22 heavy (non-hydrogen) atoms. The second-order valence-corrected chi connectivity index (χ2v) is 5.92. The van der Waals surface area contributed by atoms with Crippen LogP contribution in [0.15, 0.2) is 24.3 Å². The molecule has 0 N–H and O–H groups in total. The van der Waals surface area contributed by atoms with Crippen molar-refractivity contribution in [3.05, 3.63) is 30.1 Å².